The molecule has 2 heterocycles. The third-order valence-corrected chi connectivity index (χ3v) is 3.54. The summed E-state index contributed by atoms with van der Waals surface area (Å²) in [5.74, 6) is 0.490. The molecule has 1 aromatic rings. The third-order valence-electron chi connectivity index (χ3n) is 3.54. The van der Waals surface area contributed by atoms with Crippen LogP contribution in [-0.2, 0) is 11.3 Å². The molecule has 0 aromatic carbocycles. The van der Waals surface area contributed by atoms with Crippen molar-refractivity contribution in [1.82, 2.24) is 15.0 Å². The van der Waals surface area contributed by atoms with Gasteiger partial charge in [0.05, 0.1) is 12.5 Å². The predicted molar refractivity (Wildman–Crippen MR) is 64.0 cm³/mol. The van der Waals surface area contributed by atoms with Crippen molar-refractivity contribution in [2.24, 2.45) is 5.92 Å². The molecule has 0 aliphatic carbocycles. The fraction of sp³-hybridized carbons (Fsp3) is 0.750. The maximum absolute atomic E-state index is 11.0. The topological polar surface area (TPSA) is 79.5 Å². The number of nitrogens with zero attached hydrogens (tertiary/aromatic N) is 3. The van der Waals surface area contributed by atoms with Gasteiger partial charge < -0.3 is 9.63 Å². The van der Waals surface area contributed by atoms with Gasteiger partial charge in [-0.1, -0.05) is 19.0 Å². The van der Waals surface area contributed by atoms with Crippen LogP contribution in [0.1, 0.15) is 44.8 Å². The van der Waals surface area contributed by atoms with Crippen molar-refractivity contribution < 1.29 is 14.4 Å². The van der Waals surface area contributed by atoms with E-state index in [9.17, 15) is 4.79 Å². The first kappa shape index (κ1) is 13.0. The maximum atomic E-state index is 11.0. The molecule has 0 bridgehead atoms. The van der Waals surface area contributed by atoms with Crippen LogP contribution in [0.5, 0.6) is 0 Å². The quantitative estimate of drug-likeness (QED) is 0.875. The molecule has 1 aliphatic heterocycles. The number of aliphatic carboxylic acids is 1. The summed E-state index contributed by atoms with van der Waals surface area (Å²) >= 11 is 0. The SMILES string of the molecule is CC(C)c1noc(CN2CCC(C(=O)O)C2C)n1. The number of carboxylic acid groups (broad SMARTS) is 1. The highest BCUT2D eigenvalue weighted by Crippen LogP contribution is 2.25. The van der Waals surface area contributed by atoms with Gasteiger partial charge in [0.1, 0.15) is 0 Å². The van der Waals surface area contributed by atoms with E-state index in [0.717, 1.165) is 6.54 Å². The van der Waals surface area contributed by atoms with Crippen molar-refractivity contribution in [3.8, 4) is 0 Å². The van der Waals surface area contributed by atoms with Crippen LogP contribution in [0.25, 0.3) is 0 Å². The molecule has 0 saturated carbocycles. The van der Waals surface area contributed by atoms with Crippen LogP contribution in [0, 0.1) is 5.92 Å². The lowest BCUT2D eigenvalue weighted by Crippen LogP contribution is -2.32. The largest absolute Gasteiger partial charge is 0.481 e. The van der Waals surface area contributed by atoms with E-state index in [2.05, 4.69) is 15.0 Å². The molecule has 6 nitrogen and oxygen atoms in total. The van der Waals surface area contributed by atoms with E-state index in [1.54, 1.807) is 0 Å². The zero-order chi connectivity index (χ0) is 13.3. The predicted octanol–water partition coefficient (Wildman–Crippen LogP) is 1.49. The van der Waals surface area contributed by atoms with Crippen LogP contribution in [0.3, 0.4) is 0 Å². The molecule has 0 spiro atoms. The minimum Gasteiger partial charge on any atom is -0.481 e. The summed E-state index contributed by atoms with van der Waals surface area (Å²) in [6.07, 6.45) is 0.682. The number of likely N-dealkylation sites (tertiary alicyclic amines) is 1. The number of aromatic nitrogens is 2. The summed E-state index contributed by atoms with van der Waals surface area (Å²) in [7, 11) is 0. The minimum absolute atomic E-state index is 0.0110. The minimum atomic E-state index is -0.724. The van der Waals surface area contributed by atoms with E-state index in [0.29, 0.717) is 24.7 Å². The second-order valence-electron chi connectivity index (χ2n) is 5.15. The molecular formula is C12H19N3O3. The molecule has 1 saturated heterocycles. The Labute approximate surface area is 106 Å². The van der Waals surface area contributed by atoms with Crippen molar-refractivity contribution >= 4 is 5.97 Å². The Hall–Kier alpha value is -1.43. The molecule has 0 radical (unpaired) electrons. The monoisotopic (exact) mass is 253 g/mol. The fourth-order valence-corrected chi connectivity index (χ4v) is 2.30. The van der Waals surface area contributed by atoms with Crippen LogP contribution in [0.15, 0.2) is 4.52 Å². The van der Waals surface area contributed by atoms with E-state index in [-0.39, 0.29) is 17.9 Å². The Morgan fingerprint density at radius 1 is 1.61 bits per heavy atom. The summed E-state index contributed by atoms with van der Waals surface area (Å²) in [5.41, 5.74) is 0. The highest BCUT2D eigenvalue weighted by Gasteiger charge is 2.36. The van der Waals surface area contributed by atoms with E-state index in [4.69, 9.17) is 9.63 Å². The highest BCUT2D eigenvalue weighted by atomic mass is 16.5. The smallest absolute Gasteiger partial charge is 0.308 e. The third kappa shape index (κ3) is 2.53. The molecule has 2 unspecified atom stereocenters. The Morgan fingerprint density at radius 3 is 2.83 bits per heavy atom. The van der Waals surface area contributed by atoms with Crippen molar-refractivity contribution in [2.45, 2.75) is 45.7 Å². The molecule has 1 fully saturated rings. The molecule has 1 aromatic heterocycles. The van der Waals surface area contributed by atoms with Crippen molar-refractivity contribution in [3.05, 3.63) is 11.7 Å². The second-order valence-corrected chi connectivity index (χ2v) is 5.15. The Bertz CT molecular complexity index is 430. The summed E-state index contributed by atoms with van der Waals surface area (Å²) < 4.78 is 5.18. The van der Waals surface area contributed by atoms with Crippen LogP contribution in [0.2, 0.25) is 0 Å². The molecule has 18 heavy (non-hydrogen) atoms. The first-order chi connectivity index (χ1) is 8.49. The van der Waals surface area contributed by atoms with Gasteiger partial charge in [0.2, 0.25) is 5.89 Å². The lowest BCUT2D eigenvalue weighted by atomic mass is 10.0. The number of rotatable bonds is 4. The normalized spacial score (nSPS) is 24.9. The van der Waals surface area contributed by atoms with Gasteiger partial charge in [0.25, 0.3) is 0 Å². The van der Waals surface area contributed by atoms with Crippen LogP contribution in [-0.4, -0.2) is 38.7 Å². The van der Waals surface area contributed by atoms with Crippen LogP contribution < -0.4 is 0 Å². The van der Waals surface area contributed by atoms with Crippen molar-refractivity contribution in [1.29, 1.82) is 0 Å². The van der Waals surface area contributed by atoms with E-state index < -0.39 is 5.97 Å². The van der Waals surface area contributed by atoms with Gasteiger partial charge in [-0.25, -0.2) is 0 Å². The van der Waals surface area contributed by atoms with Gasteiger partial charge in [0.15, 0.2) is 5.82 Å². The van der Waals surface area contributed by atoms with E-state index in [1.165, 1.54) is 0 Å². The van der Waals surface area contributed by atoms with Gasteiger partial charge in [-0.05, 0) is 19.9 Å². The van der Waals surface area contributed by atoms with Crippen molar-refractivity contribution in [2.75, 3.05) is 6.54 Å². The Kier molecular flexibility index (Phi) is 3.65. The van der Waals surface area contributed by atoms with Gasteiger partial charge in [0, 0.05) is 12.0 Å². The Balaban J connectivity index is 1.99. The standard InChI is InChI=1S/C12H19N3O3/c1-7(2)11-13-10(18-14-11)6-15-5-4-9(8(15)3)12(16)17/h7-9H,4-6H2,1-3H3,(H,16,17). The first-order valence-electron chi connectivity index (χ1n) is 6.28. The zero-order valence-corrected chi connectivity index (χ0v) is 11.0. The van der Waals surface area contributed by atoms with Gasteiger partial charge >= 0.3 is 5.97 Å². The van der Waals surface area contributed by atoms with E-state index >= 15 is 0 Å². The van der Waals surface area contributed by atoms with Gasteiger partial charge in [-0.2, -0.15) is 4.98 Å². The molecule has 6 heteroatoms. The average molecular weight is 253 g/mol. The van der Waals surface area contributed by atoms with Gasteiger partial charge in [-0.3, -0.25) is 9.69 Å². The first-order valence-corrected chi connectivity index (χ1v) is 6.28. The molecular weight excluding hydrogens is 234 g/mol. The maximum Gasteiger partial charge on any atom is 0.308 e. The summed E-state index contributed by atoms with van der Waals surface area (Å²) in [6.45, 7) is 7.24. The number of carbonyl (C=O) groups is 1. The lowest BCUT2D eigenvalue weighted by molar-refractivity contribution is -0.142. The molecule has 1 aliphatic rings. The number of carboxylic acids is 1. The fourth-order valence-electron chi connectivity index (χ4n) is 2.30. The second kappa shape index (κ2) is 5.06. The van der Waals surface area contributed by atoms with Crippen molar-refractivity contribution in [3.63, 3.8) is 0 Å². The van der Waals surface area contributed by atoms with E-state index in [1.807, 2.05) is 20.8 Å². The molecule has 2 rings (SSSR count). The molecule has 100 valence electrons. The number of hydrogen-bond acceptors (Lipinski definition) is 5. The average Bonchev–Trinajstić information content (AvgIpc) is 2.87. The van der Waals surface area contributed by atoms with Crippen LogP contribution in [0.4, 0.5) is 0 Å². The highest BCUT2D eigenvalue weighted by molar-refractivity contribution is 5.71. The Morgan fingerprint density at radius 2 is 2.33 bits per heavy atom. The zero-order valence-electron chi connectivity index (χ0n) is 11.0. The lowest BCUT2D eigenvalue weighted by Gasteiger charge is -2.20. The van der Waals surface area contributed by atoms with Gasteiger partial charge in [-0.15, -0.1) is 0 Å². The molecule has 2 atom stereocenters. The summed E-state index contributed by atoms with van der Waals surface area (Å²) in [4.78, 5) is 17.4. The van der Waals surface area contributed by atoms with Crippen LogP contribution >= 0.6 is 0 Å². The summed E-state index contributed by atoms with van der Waals surface area (Å²) in [6, 6.07) is 0.0110. The molecule has 0 amide bonds. The summed E-state index contributed by atoms with van der Waals surface area (Å²) in [5, 5.41) is 13.0. The molecule has 1 N–H and O–H groups in total. The number of hydrogen-bond donors (Lipinski definition) is 1.